The van der Waals surface area contributed by atoms with E-state index < -0.39 is 0 Å². The van der Waals surface area contributed by atoms with Crippen molar-refractivity contribution in [2.75, 3.05) is 5.32 Å². The van der Waals surface area contributed by atoms with Gasteiger partial charge < -0.3 is 5.32 Å². The third-order valence-electron chi connectivity index (χ3n) is 8.52. The van der Waals surface area contributed by atoms with Crippen LogP contribution in [0, 0.1) is 0 Å². The van der Waals surface area contributed by atoms with E-state index in [1.165, 1.54) is 47.9 Å². The number of rotatable bonds is 14. The molecule has 39 heavy (non-hydrogen) atoms. The van der Waals surface area contributed by atoms with Gasteiger partial charge in [0, 0.05) is 22.2 Å². The molecule has 4 rings (SSSR count). The highest BCUT2D eigenvalue weighted by Crippen LogP contribution is 2.43. The Morgan fingerprint density at radius 2 is 0.667 bits per heavy atom. The van der Waals surface area contributed by atoms with Crippen LogP contribution in [-0.2, 0) is 10.8 Å². The van der Waals surface area contributed by atoms with Crippen LogP contribution in [0.5, 0.6) is 0 Å². The monoisotopic (exact) mass is 517 g/mol. The molecule has 0 atom stereocenters. The maximum Gasteiger partial charge on any atom is 0.0384 e. The second kappa shape index (κ2) is 13.7. The lowest BCUT2D eigenvalue weighted by Crippen LogP contribution is -2.27. The summed E-state index contributed by atoms with van der Waals surface area (Å²) in [5.41, 5.74) is 8.14. The predicted octanol–water partition coefficient (Wildman–Crippen LogP) is 11.2. The van der Waals surface area contributed by atoms with Crippen molar-refractivity contribution in [3.63, 3.8) is 0 Å². The van der Waals surface area contributed by atoms with Crippen molar-refractivity contribution < 1.29 is 0 Å². The van der Waals surface area contributed by atoms with Gasteiger partial charge in [-0.25, -0.2) is 0 Å². The van der Waals surface area contributed by atoms with Gasteiger partial charge >= 0.3 is 0 Å². The highest BCUT2D eigenvalue weighted by Gasteiger charge is 2.33. The van der Waals surface area contributed by atoms with Gasteiger partial charge in [0.2, 0.25) is 0 Å². The molecule has 0 saturated heterocycles. The molecule has 0 aliphatic rings. The first-order chi connectivity index (χ1) is 19.1. The predicted molar refractivity (Wildman–Crippen MR) is 170 cm³/mol. The largest absolute Gasteiger partial charge is 0.356 e. The van der Waals surface area contributed by atoms with E-state index >= 15 is 0 Å². The summed E-state index contributed by atoms with van der Waals surface area (Å²) < 4.78 is 0. The van der Waals surface area contributed by atoms with E-state index in [2.05, 4.69) is 142 Å². The molecule has 0 fully saturated rings. The van der Waals surface area contributed by atoms with Crippen molar-refractivity contribution in [1.29, 1.82) is 0 Å². The van der Waals surface area contributed by atoms with Gasteiger partial charge in [-0.1, -0.05) is 138 Å². The second-order valence-corrected chi connectivity index (χ2v) is 11.2. The van der Waals surface area contributed by atoms with Gasteiger partial charge in [-0.3, -0.25) is 0 Å². The minimum Gasteiger partial charge on any atom is -0.356 e. The number of nitrogens with one attached hydrogen (secondary N) is 1. The summed E-state index contributed by atoms with van der Waals surface area (Å²) in [5, 5.41) is 3.67. The summed E-state index contributed by atoms with van der Waals surface area (Å²) >= 11 is 0. The molecule has 0 spiro atoms. The summed E-state index contributed by atoms with van der Waals surface area (Å²) in [6.07, 6.45) is 9.33. The van der Waals surface area contributed by atoms with E-state index in [9.17, 15) is 0 Å². The maximum absolute atomic E-state index is 3.67. The van der Waals surface area contributed by atoms with Gasteiger partial charge in [-0.15, -0.1) is 0 Å². The van der Waals surface area contributed by atoms with E-state index in [0.29, 0.717) is 0 Å². The second-order valence-electron chi connectivity index (χ2n) is 11.2. The molecular weight excluding hydrogens is 470 g/mol. The molecule has 0 aromatic heterocycles. The molecule has 0 saturated carbocycles. The van der Waals surface area contributed by atoms with Crippen molar-refractivity contribution in [3.8, 4) is 0 Å². The van der Waals surface area contributed by atoms with Crippen LogP contribution in [-0.4, -0.2) is 0 Å². The summed E-state index contributed by atoms with van der Waals surface area (Å²) in [7, 11) is 0. The molecule has 0 heterocycles. The zero-order valence-electron chi connectivity index (χ0n) is 24.5. The molecular formula is C38H47N. The van der Waals surface area contributed by atoms with Crippen molar-refractivity contribution in [3.05, 3.63) is 131 Å². The van der Waals surface area contributed by atoms with Crippen LogP contribution in [0.15, 0.2) is 109 Å². The van der Waals surface area contributed by atoms with E-state index in [-0.39, 0.29) is 10.8 Å². The SMILES string of the molecule is CCCC(CCC)(c1ccccc1)c1ccc(Nc2ccc(C(CCC)(CCC)c3ccccc3)cc2)cc1. The van der Waals surface area contributed by atoms with Gasteiger partial charge in [0.1, 0.15) is 0 Å². The van der Waals surface area contributed by atoms with Crippen molar-refractivity contribution in [1.82, 2.24) is 0 Å². The minimum absolute atomic E-state index is 0.0737. The fraction of sp³-hybridized carbons (Fsp3) is 0.368. The number of anilines is 2. The van der Waals surface area contributed by atoms with Crippen molar-refractivity contribution in [2.45, 2.75) is 89.9 Å². The smallest absolute Gasteiger partial charge is 0.0384 e. The Morgan fingerprint density at radius 3 is 0.949 bits per heavy atom. The topological polar surface area (TPSA) is 12.0 Å². The lowest BCUT2D eigenvalue weighted by molar-refractivity contribution is 0.426. The fourth-order valence-corrected chi connectivity index (χ4v) is 6.87. The molecule has 0 unspecified atom stereocenters. The Kier molecular flexibility index (Phi) is 10.0. The lowest BCUT2D eigenvalue weighted by Gasteiger charge is -2.35. The summed E-state index contributed by atoms with van der Waals surface area (Å²) in [6.45, 7) is 9.22. The van der Waals surface area contributed by atoms with Gasteiger partial charge in [0.25, 0.3) is 0 Å². The molecule has 1 nitrogen and oxygen atoms in total. The lowest BCUT2D eigenvalue weighted by atomic mass is 9.68. The van der Waals surface area contributed by atoms with Crippen molar-refractivity contribution in [2.24, 2.45) is 0 Å². The van der Waals surface area contributed by atoms with Gasteiger partial charge in [-0.05, 0) is 72.2 Å². The fourth-order valence-electron chi connectivity index (χ4n) is 6.87. The molecule has 0 radical (unpaired) electrons. The maximum atomic E-state index is 3.67. The van der Waals surface area contributed by atoms with Crippen LogP contribution >= 0.6 is 0 Å². The average molecular weight is 518 g/mol. The normalized spacial score (nSPS) is 11.9. The molecule has 1 heteroatoms. The quantitative estimate of drug-likeness (QED) is 0.175. The highest BCUT2D eigenvalue weighted by atomic mass is 14.9. The Hall–Kier alpha value is -3.32. The zero-order valence-corrected chi connectivity index (χ0v) is 24.5. The van der Waals surface area contributed by atoms with Crippen LogP contribution in [0.25, 0.3) is 0 Å². The molecule has 4 aromatic carbocycles. The van der Waals surface area contributed by atoms with E-state index in [1.54, 1.807) is 0 Å². The van der Waals surface area contributed by atoms with E-state index in [4.69, 9.17) is 0 Å². The molecule has 4 aromatic rings. The molecule has 1 N–H and O–H groups in total. The van der Waals surface area contributed by atoms with Crippen LogP contribution < -0.4 is 5.32 Å². The molecule has 0 bridgehead atoms. The summed E-state index contributed by atoms with van der Waals surface area (Å²) in [5.74, 6) is 0. The van der Waals surface area contributed by atoms with Crippen LogP contribution in [0.3, 0.4) is 0 Å². The Labute approximate surface area is 237 Å². The van der Waals surface area contributed by atoms with Crippen LogP contribution in [0.2, 0.25) is 0 Å². The first-order valence-corrected chi connectivity index (χ1v) is 15.2. The summed E-state index contributed by atoms with van der Waals surface area (Å²) in [6, 6.07) is 40.6. The van der Waals surface area contributed by atoms with Gasteiger partial charge in [0.05, 0.1) is 0 Å². The Bertz CT molecular complexity index is 1130. The standard InChI is InChI=1S/C38H47N/c1-5-27-37(28-6-2,31-15-11-9-12-16-31)33-19-23-35(24-20-33)39-36-25-21-34(22-26-36)38(29-7-3,30-8-4)32-17-13-10-14-18-32/h9-26,39H,5-8,27-30H2,1-4H3. The van der Waals surface area contributed by atoms with E-state index in [1.807, 2.05) is 0 Å². The molecule has 0 aliphatic carbocycles. The summed E-state index contributed by atoms with van der Waals surface area (Å²) in [4.78, 5) is 0. The van der Waals surface area contributed by atoms with Crippen molar-refractivity contribution >= 4 is 11.4 Å². The molecule has 0 amide bonds. The van der Waals surface area contributed by atoms with Crippen LogP contribution in [0.4, 0.5) is 11.4 Å². The highest BCUT2D eigenvalue weighted by molar-refractivity contribution is 5.61. The first kappa shape index (κ1) is 28.7. The number of hydrogen-bond acceptors (Lipinski definition) is 1. The van der Waals surface area contributed by atoms with Gasteiger partial charge in [-0.2, -0.15) is 0 Å². The zero-order chi connectivity index (χ0) is 27.6. The third kappa shape index (κ3) is 6.30. The average Bonchev–Trinajstić information content (AvgIpc) is 2.98. The Balaban J connectivity index is 1.59. The van der Waals surface area contributed by atoms with E-state index in [0.717, 1.165) is 37.1 Å². The first-order valence-electron chi connectivity index (χ1n) is 15.2. The van der Waals surface area contributed by atoms with Crippen LogP contribution in [0.1, 0.15) is 101 Å². The molecule has 0 aliphatic heterocycles. The van der Waals surface area contributed by atoms with Gasteiger partial charge in [0.15, 0.2) is 0 Å². The Morgan fingerprint density at radius 1 is 0.385 bits per heavy atom. The number of benzene rings is 4. The molecule has 204 valence electrons. The third-order valence-corrected chi connectivity index (χ3v) is 8.52. The minimum atomic E-state index is 0.0737. The number of hydrogen-bond donors (Lipinski definition) is 1.